The van der Waals surface area contributed by atoms with Gasteiger partial charge >= 0.3 is 12.0 Å². The average Bonchev–Trinajstić information content (AvgIpc) is 2.75. The highest BCUT2D eigenvalue weighted by Crippen LogP contribution is 2.23. The number of thioether (sulfide) groups is 1. The Labute approximate surface area is 119 Å². The first-order valence-corrected chi connectivity index (χ1v) is 8.23. The number of carboxylic acids is 1. The minimum atomic E-state index is -0.903. The predicted molar refractivity (Wildman–Crippen MR) is 77.5 cm³/mol. The van der Waals surface area contributed by atoms with Crippen molar-refractivity contribution in [1.29, 1.82) is 0 Å². The van der Waals surface area contributed by atoms with Gasteiger partial charge in [0.25, 0.3) is 0 Å². The molecule has 0 aromatic heterocycles. The molecule has 0 aromatic rings. The van der Waals surface area contributed by atoms with Crippen molar-refractivity contribution in [3.05, 3.63) is 0 Å². The third-order valence-corrected chi connectivity index (χ3v) is 4.21. The maximum atomic E-state index is 11.9. The van der Waals surface area contributed by atoms with Crippen LogP contribution in [0.5, 0.6) is 0 Å². The lowest BCUT2D eigenvalue weighted by atomic mass is 10.0. The van der Waals surface area contributed by atoms with Crippen LogP contribution < -0.4 is 5.32 Å². The van der Waals surface area contributed by atoms with Gasteiger partial charge in [0.2, 0.25) is 0 Å². The number of carbonyl (C=O) groups excluding carboxylic acids is 1. The van der Waals surface area contributed by atoms with Crippen LogP contribution in [0.3, 0.4) is 0 Å². The van der Waals surface area contributed by atoms with Crippen molar-refractivity contribution in [2.45, 2.75) is 38.6 Å². The lowest BCUT2D eigenvalue weighted by Crippen LogP contribution is -2.47. The average molecular weight is 288 g/mol. The summed E-state index contributed by atoms with van der Waals surface area (Å²) >= 11 is 1.83. The van der Waals surface area contributed by atoms with Crippen molar-refractivity contribution in [1.82, 2.24) is 10.2 Å². The zero-order valence-corrected chi connectivity index (χ0v) is 12.5. The lowest BCUT2D eigenvalue weighted by Gasteiger charge is -2.23. The molecule has 1 saturated heterocycles. The molecule has 2 N–H and O–H groups in total. The fourth-order valence-electron chi connectivity index (χ4n) is 2.40. The third kappa shape index (κ3) is 4.93. The van der Waals surface area contributed by atoms with Crippen LogP contribution in [0.2, 0.25) is 0 Å². The molecule has 19 heavy (non-hydrogen) atoms. The Morgan fingerprint density at radius 1 is 1.37 bits per heavy atom. The molecule has 2 atom stereocenters. The standard InChI is InChI=1S/C13H24N2O3S/c1-10-6-8-15(11(10)12(16)17)13(18)14-7-4-3-5-9-19-2/h10-11H,3-9H2,1-2H3,(H,14,18)(H,16,17). The molecule has 0 radical (unpaired) electrons. The van der Waals surface area contributed by atoms with E-state index < -0.39 is 12.0 Å². The van der Waals surface area contributed by atoms with E-state index >= 15 is 0 Å². The maximum Gasteiger partial charge on any atom is 0.326 e. The number of hydrogen-bond acceptors (Lipinski definition) is 3. The van der Waals surface area contributed by atoms with Gasteiger partial charge in [0.15, 0.2) is 0 Å². The minimum absolute atomic E-state index is 0.0322. The number of nitrogens with one attached hydrogen (secondary N) is 1. The summed E-state index contributed by atoms with van der Waals surface area (Å²) in [7, 11) is 0. The van der Waals surface area contributed by atoms with Gasteiger partial charge in [-0.05, 0) is 37.2 Å². The molecule has 0 aromatic carbocycles. The van der Waals surface area contributed by atoms with E-state index in [0.717, 1.165) is 31.4 Å². The molecule has 5 nitrogen and oxygen atoms in total. The Hall–Kier alpha value is -0.910. The SMILES string of the molecule is CSCCCCCNC(=O)N1CCC(C)C1C(=O)O. The van der Waals surface area contributed by atoms with Crippen LogP contribution in [0, 0.1) is 5.92 Å². The molecule has 0 aliphatic carbocycles. The number of rotatable bonds is 7. The molecule has 2 amide bonds. The second kappa shape index (κ2) is 8.30. The first-order chi connectivity index (χ1) is 9.07. The summed E-state index contributed by atoms with van der Waals surface area (Å²) in [5.41, 5.74) is 0. The van der Waals surface area contributed by atoms with Gasteiger partial charge in [-0.15, -0.1) is 0 Å². The van der Waals surface area contributed by atoms with Crippen LogP contribution in [-0.2, 0) is 4.79 Å². The summed E-state index contributed by atoms with van der Waals surface area (Å²) in [5.74, 6) is 0.281. The molecule has 0 spiro atoms. The van der Waals surface area contributed by atoms with Gasteiger partial charge in [-0.2, -0.15) is 11.8 Å². The monoisotopic (exact) mass is 288 g/mol. The number of carbonyl (C=O) groups is 2. The summed E-state index contributed by atoms with van der Waals surface area (Å²) in [6, 6.07) is -0.905. The van der Waals surface area contributed by atoms with Gasteiger partial charge < -0.3 is 15.3 Å². The number of unbranched alkanes of at least 4 members (excludes halogenated alkanes) is 2. The molecular weight excluding hydrogens is 264 g/mol. The molecule has 1 fully saturated rings. The molecule has 0 bridgehead atoms. The summed E-state index contributed by atoms with van der Waals surface area (Å²) < 4.78 is 0. The fourth-order valence-corrected chi connectivity index (χ4v) is 2.89. The van der Waals surface area contributed by atoms with Gasteiger partial charge in [0.1, 0.15) is 6.04 Å². The van der Waals surface area contributed by atoms with Gasteiger partial charge in [-0.3, -0.25) is 0 Å². The summed E-state index contributed by atoms with van der Waals surface area (Å²) in [4.78, 5) is 24.5. The number of hydrogen-bond donors (Lipinski definition) is 2. The lowest BCUT2D eigenvalue weighted by molar-refractivity contribution is -0.142. The first kappa shape index (κ1) is 16.1. The van der Waals surface area contributed by atoms with E-state index in [0.29, 0.717) is 13.1 Å². The second-order valence-electron chi connectivity index (χ2n) is 5.03. The smallest absolute Gasteiger partial charge is 0.326 e. The fraction of sp³-hybridized carbons (Fsp3) is 0.846. The zero-order chi connectivity index (χ0) is 14.3. The van der Waals surface area contributed by atoms with Gasteiger partial charge in [-0.1, -0.05) is 13.3 Å². The van der Waals surface area contributed by atoms with Crippen LogP contribution in [0.25, 0.3) is 0 Å². The highest BCUT2D eigenvalue weighted by atomic mass is 32.2. The quantitative estimate of drug-likeness (QED) is 0.703. The van der Waals surface area contributed by atoms with E-state index in [1.807, 2.05) is 18.7 Å². The number of urea groups is 1. The van der Waals surface area contributed by atoms with E-state index in [1.54, 1.807) is 0 Å². The first-order valence-electron chi connectivity index (χ1n) is 6.84. The molecule has 2 unspecified atom stereocenters. The number of nitrogens with zero attached hydrogens (tertiary/aromatic N) is 1. The van der Waals surface area contributed by atoms with Crippen LogP contribution >= 0.6 is 11.8 Å². The predicted octanol–water partition coefficient (Wildman–Crippen LogP) is 2.02. The van der Waals surface area contributed by atoms with Crippen LogP contribution in [0.15, 0.2) is 0 Å². The van der Waals surface area contributed by atoms with Crippen LogP contribution in [-0.4, -0.2) is 53.1 Å². The Balaban J connectivity index is 2.27. The molecular formula is C13H24N2O3S. The van der Waals surface area contributed by atoms with Crippen molar-refractivity contribution in [3.8, 4) is 0 Å². The molecule has 6 heteroatoms. The summed E-state index contributed by atoms with van der Waals surface area (Å²) in [6.07, 6.45) is 6.06. The highest BCUT2D eigenvalue weighted by molar-refractivity contribution is 7.98. The number of carboxylic acid groups (broad SMARTS) is 1. The highest BCUT2D eigenvalue weighted by Gasteiger charge is 2.39. The van der Waals surface area contributed by atoms with Gasteiger partial charge in [-0.25, -0.2) is 9.59 Å². The minimum Gasteiger partial charge on any atom is -0.480 e. The van der Waals surface area contributed by atoms with Crippen LogP contribution in [0.1, 0.15) is 32.6 Å². The molecule has 110 valence electrons. The van der Waals surface area contributed by atoms with Crippen molar-refractivity contribution >= 4 is 23.8 Å². The second-order valence-corrected chi connectivity index (χ2v) is 6.01. The van der Waals surface area contributed by atoms with Crippen molar-refractivity contribution in [2.24, 2.45) is 5.92 Å². The van der Waals surface area contributed by atoms with E-state index in [1.165, 1.54) is 4.90 Å². The Morgan fingerprint density at radius 2 is 2.11 bits per heavy atom. The molecule has 0 saturated carbocycles. The van der Waals surface area contributed by atoms with E-state index in [-0.39, 0.29) is 11.9 Å². The largest absolute Gasteiger partial charge is 0.480 e. The molecule has 1 aliphatic heterocycles. The van der Waals surface area contributed by atoms with E-state index in [4.69, 9.17) is 5.11 Å². The van der Waals surface area contributed by atoms with Crippen molar-refractivity contribution < 1.29 is 14.7 Å². The number of aliphatic carboxylic acids is 1. The van der Waals surface area contributed by atoms with Gasteiger partial charge in [0, 0.05) is 13.1 Å². The number of amides is 2. The van der Waals surface area contributed by atoms with E-state index in [9.17, 15) is 9.59 Å². The summed E-state index contributed by atoms with van der Waals surface area (Å²) in [6.45, 7) is 3.05. The molecule has 1 aliphatic rings. The topological polar surface area (TPSA) is 69.6 Å². The van der Waals surface area contributed by atoms with E-state index in [2.05, 4.69) is 11.6 Å². The normalized spacial score (nSPS) is 22.5. The third-order valence-electron chi connectivity index (χ3n) is 3.52. The zero-order valence-electron chi connectivity index (χ0n) is 11.7. The van der Waals surface area contributed by atoms with Gasteiger partial charge in [0.05, 0.1) is 0 Å². The Morgan fingerprint density at radius 3 is 2.74 bits per heavy atom. The maximum absolute atomic E-state index is 11.9. The van der Waals surface area contributed by atoms with Crippen molar-refractivity contribution in [2.75, 3.05) is 25.1 Å². The van der Waals surface area contributed by atoms with Crippen LogP contribution in [0.4, 0.5) is 4.79 Å². The summed E-state index contributed by atoms with van der Waals surface area (Å²) in [5, 5.41) is 12.0. The molecule has 1 heterocycles. The molecule has 1 rings (SSSR count). The Kier molecular flexibility index (Phi) is 7.05. The Bertz CT molecular complexity index is 312. The van der Waals surface area contributed by atoms with Crippen molar-refractivity contribution in [3.63, 3.8) is 0 Å². The number of likely N-dealkylation sites (tertiary alicyclic amines) is 1.